The number of hydrazone groups is 1. The van der Waals surface area contributed by atoms with Gasteiger partial charge in [0.25, 0.3) is 0 Å². The molecule has 238 valence electrons. The fourth-order valence-electron chi connectivity index (χ4n) is 4.41. The number of hydrogen-bond donors (Lipinski definition) is 4. The summed E-state index contributed by atoms with van der Waals surface area (Å²) in [6.45, 7) is 3.38. The maximum absolute atomic E-state index is 14.0. The molecule has 0 fully saturated rings. The number of aliphatic hydroxyl groups is 1. The number of halogens is 3. The van der Waals surface area contributed by atoms with Crippen LogP contribution in [0.1, 0.15) is 36.6 Å². The molecule has 3 aromatic rings. The molecule has 2 amide bonds. The van der Waals surface area contributed by atoms with E-state index in [1.54, 1.807) is 56.3 Å². The molecular formula is C31H31Cl2FN4O7. The van der Waals surface area contributed by atoms with E-state index in [0.29, 0.717) is 45.5 Å². The number of aliphatic hydroxyl groups excluding tert-OH is 1. The largest absolute Gasteiger partial charge is 0.490 e. The minimum atomic E-state index is -1.26. The molecule has 14 heteroatoms. The van der Waals surface area contributed by atoms with Crippen LogP contribution in [0.4, 0.5) is 9.18 Å². The van der Waals surface area contributed by atoms with Crippen LogP contribution in [0.3, 0.4) is 0 Å². The third-order valence-electron chi connectivity index (χ3n) is 6.47. The van der Waals surface area contributed by atoms with E-state index in [2.05, 4.69) is 21.2 Å². The van der Waals surface area contributed by atoms with Crippen LogP contribution < -0.4 is 30.3 Å². The second-order valence-electron chi connectivity index (χ2n) is 9.60. The first kappa shape index (κ1) is 33.4. The summed E-state index contributed by atoms with van der Waals surface area (Å²) in [7, 11) is 1.26. The van der Waals surface area contributed by atoms with Crippen molar-refractivity contribution < 1.29 is 38.0 Å². The third kappa shape index (κ3) is 8.56. The summed E-state index contributed by atoms with van der Waals surface area (Å²) in [5, 5.41) is 20.3. The number of methoxy groups -OCH3 is 1. The van der Waals surface area contributed by atoms with Gasteiger partial charge < -0.3 is 34.7 Å². The molecule has 1 aliphatic rings. The van der Waals surface area contributed by atoms with Gasteiger partial charge in [0.15, 0.2) is 17.7 Å². The maximum Gasteiger partial charge on any atom is 0.337 e. The highest BCUT2D eigenvalue weighted by Gasteiger charge is 2.32. The number of allylic oxidation sites excluding steroid dienone is 1. The predicted molar refractivity (Wildman–Crippen MR) is 166 cm³/mol. The zero-order valence-electron chi connectivity index (χ0n) is 24.5. The molecule has 2 atom stereocenters. The number of carbonyl (C=O) groups is 2. The SMILES string of the molecule is CCOc1cc([C@@H]2NC(=O)NC(C)=C2C(=O)OC)ccc1OC[C@@H](O)N/N=C/c1cc(Cl)cc(Cl)c1OCc1ccccc1F. The third-order valence-corrected chi connectivity index (χ3v) is 6.97. The van der Waals surface area contributed by atoms with Crippen LogP contribution in [0.2, 0.25) is 10.0 Å². The average Bonchev–Trinajstić information content (AvgIpc) is 3.00. The van der Waals surface area contributed by atoms with Gasteiger partial charge in [-0.3, -0.25) is 5.43 Å². The summed E-state index contributed by atoms with van der Waals surface area (Å²) in [6, 6.07) is 12.9. The van der Waals surface area contributed by atoms with Crippen LogP contribution in [0.25, 0.3) is 0 Å². The van der Waals surface area contributed by atoms with E-state index in [1.807, 2.05) is 0 Å². The Balaban J connectivity index is 1.43. The summed E-state index contributed by atoms with van der Waals surface area (Å²) in [5.41, 5.74) is 4.44. The highest BCUT2D eigenvalue weighted by molar-refractivity contribution is 6.36. The lowest BCUT2D eigenvalue weighted by molar-refractivity contribution is -0.136. The van der Waals surface area contributed by atoms with Crippen LogP contribution >= 0.6 is 23.2 Å². The van der Waals surface area contributed by atoms with E-state index in [-0.39, 0.29) is 29.6 Å². The van der Waals surface area contributed by atoms with Crippen LogP contribution in [-0.4, -0.2) is 49.9 Å². The Kier molecular flexibility index (Phi) is 11.5. The van der Waals surface area contributed by atoms with Crippen molar-refractivity contribution in [3.05, 3.63) is 98.4 Å². The number of rotatable bonds is 13. The zero-order chi connectivity index (χ0) is 32.5. The molecule has 0 radical (unpaired) electrons. The molecular weight excluding hydrogens is 630 g/mol. The molecule has 0 saturated heterocycles. The van der Waals surface area contributed by atoms with E-state index >= 15 is 0 Å². The number of amides is 2. The van der Waals surface area contributed by atoms with Crippen molar-refractivity contribution in [2.45, 2.75) is 32.7 Å². The fourth-order valence-corrected chi connectivity index (χ4v) is 4.97. The summed E-state index contributed by atoms with van der Waals surface area (Å²) < 4.78 is 36.2. The predicted octanol–water partition coefficient (Wildman–Crippen LogP) is 5.23. The lowest BCUT2D eigenvalue weighted by atomic mass is 9.95. The highest BCUT2D eigenvalue weighted by Crippen LogP contribution is 2.35. The van der Waals surface area contributed by atoms with Crippen molar-refractivity contribution in [1.82, 2.24) is 16.1 Å². The van der Waals surface area contributed by atoms with Gasteiger partial charge in [-0.25, -0.2) is 14.0 Å². The molecule has 0 aliphatic carbocycles. The van der Waals surface area contributed by atoms with Crippen molar-refractivity contribution in [3.8, 4) is 17.2 Å². The Morgan fingerprint density at radius 1 is 1.13 bits per heavy atom. The van der Waals surface area contributed by atoms with E-state index in [1.165, 1.54) is 25.5 Å². The van der Waals surface area contributed by atoms with Crippen LogP contribution in [-0.2, 0) is 16.1 Å². The first-order valence-electron chi connectivity index (χ1n) is 13.7. The summed E-state index contributed by atoms with van der Waals surface area (Å²) in [6.07, 6.45) is 0.0906. The van der Waals surface area contributed by atoms with Gasteiger partial charge in [0.1, 0.15) is 24.8 Å². The summed E-state index contributed by atoms with van der Waals surface area (Å²) >= 11 is 12.5. The molecule has 3 aromatic carbocycles. The topological polar surface area (TPSA) is 140 Å². The highest BCUT2D eigenvalue weighted by atomic mass is 35.5. The lowest BCUT2D eigenvalue weighted by Crippen LogP contribution is -2.45. The van der Waals surface area contributed by atoms with Crippen LogP contribution in [0.5, 0.6) is 17.2 Å². The van der Waals surface area contributed by atoms with Crippen molar-refractivity contribution >= 4 is 41.4 Å². The van der Waals surface area contributed by atoms with Gasteiger partial charge in [0.05, 0.1) is 36.6 Å². The van der Waals surface area contributed by atoms with Gasteiger partial charge in [0.2, 0.25) is 0 Å². The molecule has 0 bridgehead atoms. The average molecular weight is 662 g/mol. The molecule has 1 heterocycles. The zero-order valence-corrected chi connectivity index (χ0v) is 26.0. The molecule has 45 heavy (non-hydrogen) atoms. The van der Waals surface area contributed by atoms with Gasteiger partial charge in [-0.2, -0.15) is 5.10 Å². The number of esters is 1. The fraction of sp³-hybridized carbons (Fsp3) is 0.258. The number of nitrogens with zero attached hydrogens (tertiary/aromatic N) is 1. The number of urea groups is 1. The first-order chi connectivity index (χ1) is 21.6. The van der Waals surface area contributed by atoms with Crippen LogP contribution in [0, 0.1) is 5.82 Å². The molecule has 4 rings (SSSR count). The Labute approximate surface area is 268 Å². The minimum Gasteiger partial charge on any atom is -0.490 e. The maximum atomic E-state index is 14.0. The van der Waals surface area contributed by atoms with E-state index in [0.717, 1.165) is 0 Å². The van der Waals surface area contributed by atoms with Crippen molar-refractivity contribution in [3.63, 3.8) is 0 Å². The number of nitrogens with one attached hydrogen (secondary N) is 3. The second-order valence-corrected chi connectivity index (χ2v) is 10.4. The molecule has 0 unspecified atom stereocenters. The quantitative estimate of drug-likeness (QED) is 0.0846. The monoisotopic (exact) mass is 660 g/mol. The van der Waals surface area contributed by atoms with Crippen LogP contribution in [0.15, 0.2) is 71.0 Å². The van der Waals surface area contributed by atoms with Gasteiger partial charge in [-0.1, -0.05) is 47.5 Å². The van der Waals surface area contributed by atoms with Gasteiger partial charge in [0, 0.05) is 21.8 Å². The molecule has 4 N–H and O–H groups in total. The Hall–Kier alpha value is -4.52. The number of carbonyl (C=O) groups excluding carboxylic acids is 2. The van der Waals surface area contributed by atoms with E-state index in [4.69, 9.17) is 42.1 Å². The standard InChI is InChI=1S/C31H31Cl2FN4O7/c1-4-43-25-12-18(28-27(30(40)42-3)17(2)36-31(41)37-28)9-10-24(25)44-16-26(39)38-35-14-20-11-21(32)13-22(33)29(20)45-15-19-7-5-6-8-23(19)34/h5-14,26,28,38-39H,4,15-16H2,1-3H3,(H2,36,37,41)/b35-14+/t26-,28+/m1/s1. The van der Waals surface area contributed by atoms with Gasteiger partial charge >= 0.3 is 12.0 Å². The number of ether oxygens (including phenoxy) is 4. The second kappa shape index (κ2) is 15.5. The number of benzene rings is 3. The minimum absolute atomic E-state index is 0.0797. The van der Waals surface area contributed by atoms with Crippen molar-refractivity contribution in [1.29, 1.82) is 0 Å². The van der Waals surface area contributed by atoms with Crippen molar-refractivity contribution in [2.75, 3.05) is 20.3 Å². The normalized spacial score (nSPS) is 15.3. The Morgan fingerprint density at radius 2 is 1.91 bits per heavy atom. The molecule has 11 nitrogen and oxygen atoms in total. The summed E-state index contributed by atoms with van der Waals surface area (Å²) in [4.78, 5) is 24.6. The van der Waals surface area contributed by atoms with Crippen molar-refractivity contribution in [2.24, 2.45) is 5.10 Å². The molecule has 0 aromatic heterocycles. The van der Waals surface area contributed by atoms with E-state index < -0.39 is 30.1 Å². The van der Waals surface area contributed by atoms with Gasteiger partial charge in [-0.15, -0.1) is 0 Å². The Morgan fingerprint density at radius 3 is 2.64 bits per heavy atom. The lowest BCUT2D eigenvalue weighted by Gasteiger charge is -2.28. The van der Waals surface area contributed by atoms with Gasteiger partial charge in [-0.05, 0) is 49.7 Å². The first-order valence-corrected chi connectivity index (χ1v) is 14.4. The molecule has 1 aliphatic heterocycles. The molecule has 0 spiro atoms. The Bertz CT molecular complexity index is 1620. The molecule has 0 saturated carbocycles. The smallest absolute Gasteiger partial charge is 0.337 e. The summed E-state index contributed by atoms with van der Waals surface area (Å²) in [5.74, 6) is -0.156. The van der Waals surface area contributed by atoms with E-state index in [9.17, 15) is 19.1 Å². The number of hydrogen-bond acceptors (Lipinski definition) is 9.